The number of nitrogens with one attached hydrogen (secondary N) is 1. The zero-order chi connectivity index (χ0) is 11.9. The Morgan fingerprint density at radius 3 is 2.38 bits per heavy atom. The normalized spacial score (nSPS) is 10.8. The molecular formula is C14H18N2. The maximum Gasteiger partial charge on any atom is 0.0731 e. The van der Waals surface area contributed by atoms with Crippen LogP contribution >= 0.6 is 0 Å². The number of fused-ring (bicyclic) bond motifs is 1. The topological polar surface area (TPSA) is 24.9 Å². The monoisotopic (exact) mass is 214 g/mol. The lowest BCUT2D eigenvalue weighted by atomic mass is 10.0. The molecule has 0 aliphatic rings. The molecule has 2 heteroatoms. The lowest BCUT2D eigenvalue weighted by Gasteiger charge is -2.14. The predicted molar refractivity (Wildman–Crippen MR) is 70.2 cm³/mol. The van der Waals surface area contributed by atoms with Crippen molar-refractivity contribution in [2.45, 2.75) is 27.7 Å². The number of aryl methyl sites for hydroxylation is 3. The van der Waals surface area contributed by atoms with Gasteiger partial charge in [0, 0.05) is 23.8 Å². The molecule has 0 radical (unpaired) electrons. The fourth-order valence-corrected chi connectivity index (χ4v) is 2.30. The van der Waals surface area contributed by atoms with Gasteiger partial charge in [0.15, 0.2) is 0 Å². The summed E-state index contributed by atoms with van der Waals surface area (Å²) in [6, 6.07) is 4.36. The number of rotatable bonds is 1. The molecule has 1 aromatic carbocycles. The summed E-state index contributed by atoms with van der Waals surface area (Å²) in [4.78, 5) is 4.67. The molecule has 84 valence electrons. The number of aromatic nitrogens is 1. The molecule has 0 unspecified atom stereocenters. The Labute approximate surface area is 96.7 Å². The highest BCUT2D eigenvalue weighted by molar-refractivity contribution is 5.96. The Morgan fingerprint density at radius 1 is 1.06 bits per heavy atom. The summed E-state index contributed by atoms with van der Waals surface area (Å²) in [5.41, 5.74) is 7.19. The van der Waals surface area contributed by atoms with Crippen molar-refractivity contribution in [3.05, 3.63) is 34.5 Å². The molecule has 0 saturated heterocycles. The minimum atomic E-state index is 1.09. The minimum absolute atomic E-state index is 1.09. The standard InChI is InChI=1S/C14H18N2/c1-8-6-9(2)13-12(7-8)16-11(4)10(3)14(13)15-5/h6-7H,1-5H3,(H,15,16). The highest BCUT2D eigenvalue weighted by Crippen LogP contribution is 2.30. The van der Waals surface area contributed by atoms with Crippen molar-refractivity contribution in [3.8, 4) is 0 Å². The Hall–Kier alpha value is -1.57. The van der Waals surface area contributed by atoms with Crippen molar-refractivity contribution >= 4 is 16.6 Å². The van der Waals surface area contributed by atoms with Crippen molar-refractivity contribution in [2.24, 2.45) is 0 Å². The highest BCUT2D eigenvalue weighted by atomic mass is 14.8. The van der Waals surface area contributed by atoms with E-state index in [9.17, 15) is 0 Å². The van der Waals surface area contributed by atoms with Gasteiger partial charge in [-0.15, -0.1) is 0 Å². The van der Waals surface area contributed by atoms with Crippen LogP contribution in [-0.2, 0) is 0 Å². The number of hydrogen-bond donors (Lipinski definition) is 1. The summed E-state index contributed by atoms with van der Waals surface area (Å²) in [5.74, 6) is 0. The summed E-state index contributed by atoms with van der Waals surface area (Å²) >= 11 is 0. The van der Waals surface area contributed by atoms with E-state index in [4.69, 9.17) is 0 Å². The van der Waals surface area contributed by atoms with Crippen LogP contribution < -0.4 is 5.32 Å². The first-order valence-corrected chi connectivity index (χ1v) is 5.60. The third-order valence-corrected chi connectivity index (χ3v) is 3.16. The largest absolute Gasteiger partial charge is 0.387 e. The van der Waals surface area contributed by atoms with E-state index < -0.39 is 0 Å². The van der Waals surface area contributed by atoms with E-state index in [0.717, 1.165) is 11.2 Å². The molecule has 0 amide bonds. The molecule has 1 N–H and O–H groups in total. The van der Waals surface area contributed by atoms with Gasteiger partial charge < -0.3 is 5.32 Å². The number of hydrogen-bond acceptors (Lipinski definition) is 2. The lowest BCUT2D eigenvalue weighted by molar-refractivity contribution is 1.18. The minimum Gasteiger partial charge on any atom is -0.387 e. The fraction of sp³-hybridized carbons (Fsp3) is 0.357. The van der Waals surface area contributed by atoms with Gasteiger partial charge in [0.1, 0.15) is 0 Å². The van der Waals surface area contributed by atoms with Crippen molar-refractivity contribution in [3.63, 3.8) is 0 Å². The van der Waals surface area contributed by atoms with Gasteiger partial charge in [0.25, 0.3) is 0 Å². The van der Waals surface area contributed by atoms with Gasteiger partial charge >= 0.3 is 0 Å². The molecule has 16 heavy (non-hydrogen) atoms. The molecule has 0 saturated carbocycles. The molecule has 0 atom stereocenters. The highest BCUT2D eigenvalue weighted by Gasteiger charge is 2.10. The van der Waals surface area contributed by atoms with E-state index >= 15 is 0 Å². The van der Waals surface area contributed by atoms with Crippen molar-refractivity contribution in [2.75, 3.05) is 12.4 Å². The molecule has 0 fully saturated rings. The molecule has 0 aliphatic heterocycles. The number of anilines is 1. The van der Waals surface area contributed by atoms with Gasteiger partial charge in [-0.1, -0.05) is 6.07 Å². The van der Waals surface area contributed by atoms with Crippen LogP contribution in [0.4, 0.5) is 5.69 Å². The quantitative estimate of drug-likeness (QED) is 0.785. The second-order valence-corrected chi connectivity index (χ2v) is 4.42. The molecule has 2 nitrogen and oxygen atoms in total. The van der Waals surface area contributed by atoms with Crippen LogP contribution in [0.3, 0.4) is 0 Å². The Morgan fingerprint density at radius 2 is 1.75 bits per heavy atom. The van der Waals surface area contributed by atoms with Gasteiger partial charge in [-0.2, -0.15) is 0 Å². The van der Waals surface area contributed by atoms with Gasteiger partial charge in [-0.25, -0.2) is 0 Å². The van der Waals surface area contributed by atoms with Crippen molar-refractivity contribution in [1.82, 2.24) is 4.98 Å². The zero-order valence-electron chi connectivity index (χ0n) is 10.6. The maximum absolute atomic E-state index is 4.67. The summed E-state index contributed by atoms with van der Waals surface area (Å²) in [5, 5.41) is 4.55. The molecule has 0 aliphatic carbocycles. The number of benzene rings is 1. The molecule has 2 aromatic rings. The van der Waals surface area contributed by atoms with Crippen molar-refractivity contribution in [1.29, 1.82) is 0 Å². The van der Waals surface area contributed by atoms with E-state index in [-0.39, 0.29) is 0 Å². The molecule has 0 spiro atoms. The maximum atomic E-state index is 4.67. The summed E-state index contributed by atoms with van der Waals surface area (Å²) < 4.78 is 0. The summed E-state index contributed by atoms with van der Waals surface area (Å²) in [6.07, 6.45) is 0. The van der Waals surface area contributed by atoms with Gasteiger partial charge in [-0.3, -0.25) is 4.98 Å². The molecule has 0 bridgehead atoms. The van der Waals surface area contributed by atoms with Gasteiger partial charge in [-0.05, 0) is 50.5 Å². The van der Waals surface area contributed by atoms with Crippen LogP contribution in [0.15, 0.2) is 12.1 Å². The third-order valence-electron chi connectivity index (χ3n) is 3.16. The van der Waals surface area contributed by atoms with Crippen LogP contribution in [0.25, 0.3) is 10.9 Å². The van der Waals surface area contributed by atoms with Gasteiger partial charge in [0.2, 0.25) is 0 Å². The fourth-order valence-electron chi connectivity index (χ4n) is 2.30. The molecule has 1 aromatic heterocycles. The summed E-state index contributed by atoms with van der Waals surface area (Å²) in [6.45, 7) is 8.44. The molecular weight excluding hydrogens is 196 g/mol. The smallest absolute Gasteiger partial charge is 0.0731 e. The first-order chi connectivity index (χ1) is 7.54. The van der Waals surface area contributed by atoms with E-state index in [1.165, 1.54) is 27.8 Å². The van der Waals surface area contributed by atoms with E-state index in [0.29, 0.717) is 0 Å². The SMILES string of the molecule is CNc1c(C)c(C)nc2cc(C)cc(C)c12. The second-order valence-electron chi connectivity index (χ2n) is 4.42. The number of nitrogens with zero attached hydrogens (tertiary/aromatic N) is 1. The molecule has 1 heterocycles. The average molecular weight is 214 g/mol. The van der Waals surface area contributed by atoms with Crippen LogP contribution in [0, 0.1) is 27.7 Å². The Kier molecular flexibility index (Phi) is 2.58. The second kappa shape index (κ2) is 3.78. The van der Waals surface area contributed by atoms with E-state index in [1.54, 1.807) is 0 Å². The van der Waals surface area contributed by atoms with Crippen LogP contribution in [0.2, 0.25) is 0 Å². The third kappa shape index (κ3) is 1.54. The Bertz CT molecular complexity index is 556. The van der Waals surface area contributed by atoms with E-state index in [2.05, 4.69) is 50.1 Å². The Balaban J connectivity index is 2.96. The van der Waals surface area contributed by atoms with Crippen LogP contribution in [0.5, 0.6) is 0 Å². The molecule has 2 rings (SSSR count). The first-order valence-electron chi connectivity index (χ1n) is 5.60. The number of pyridine rings is 1. The zero-order valence-corrected chi connectivity index (χ0v) is 10.6. The van der Waals surface area contributed by atoms with Crippen LogP contribution in [0.1, 0.15) is 22.4 Å². The van der Waals surface area contributed by atoms with Crippen LogP contribution in [-0.4, -0.2) is 12.0 Å². The van der Waals surface area contributed by atoms with E-state index in [1.807, 2.05) is 7.05 Å². The lowest BCUT2D eigenvalue weighted by Crippen LogP contribution is -2.00. The van der Waals surface area contributed by atoms with Crippen molar-refractivity contribution < 1.29 is 0 Å². The first kappa shape index (κ1) is 10.9. The van der Waals surface area contributed by atoms with Gasteiger partial charge in [0.05, 0.1) is 5.52 Å². The average Bonchev–Trinajstić information content (AvgIpc) is 2.20. The summed E-state index contributed by atoms with van der Waals surface area (Å²) in [7, 11) is 1.97. The predicted octanol–water partition coefficient (Wildman–Crippen LogP) is 3.51.